The van der Waals surface area contributed by atoms with E-state index in [-0.39, 0.29) is 5.69 Å². The molecule has 1 N–H and O–H groups in total. The zero-order chi connectivity index (χ0) is 14.3. The molecule has 3 unspecified atom stereocenters. The molecular formula is C15H17BrF3N. The van der Waals surface area contributed by atoms with Crippen molar-refractivity contribution in [3.05, 3.63) is 28.2 Å². The Morgan fingerprint density at radius 1 is 1.20 bits per heavy atom. The average Bonchev–Trinajstić information content (AvgIpc) is 2.97. The Morgan fingerprint density at radius 2 is 2.00 bits per heavy atom. The molecule has 0 heterocycles. The Hall–Kier alpha value is -0.710. The van der Waals surface area contributed by atoms with Crippen LogP contribution in [0.15, 0.2) is 22.7 Å². The van der Waals surface area contributed by atoms with Crippen molar-refractivity contribution in [2.75, 3.05) is 11.9 Å². The van der Waals surface area contributed by atoms with E-state index < -0.39 is 11.7 Å². The third-order valence-corrected chi connectivity index (χ3v) is 5.22. The summed E-state index contributed by atoms with van der Waals surface area (Å²) in [4.78, 5) is 0. The molecule has 1 aromatic carbocycles. The molecule has 0 amide bonds. The standard InChI is InChI=1S/C15H17BrF3N/c16-12-3-4-13(15(17,18)19)14(7-12)20-8-11-6-9-1-2-10(11)5-9/h3-4,7,9-11,20H,1-2,5-6,8H2. The molecule has 1 aromatic rings. The fourth-order valence-corrected chi connectivity index (χ4v) is 4.14. The van der Waals surface area contributed by atoms with E-state index >= 15 is 0 Å². The van der Waals surface area contributed by atoms with Crippen LogP contribution in [0.1, 0.15) is 31.2 Å². The summed E-state index contributed by atoms with van der Waals surface area (Å²) in [5, 5.41) is 3.04. The molecule has 2 aliphatic rings. The molecular weight excluding hydrogens is 331 g/mol. The van der Waals surface area contributed by atoms with Gasteiger partial charge in [0, 0.05) is 16.7 Å². The van der Waals surface area contributed by atoms with Gasteiger partial charge < -0.3 is 5.32 Å². The first-order chi connectivity index (χ1) is 9.43. The quantitative estimate of drug-likeness (QED) is 0.780. The number of hydrogen-bond donors (Lipinski definition) is 1. The SMILES string of the molecule is FC(F)(F)c1ccc(Br)cc1NCC1CC2CCC1C2. The van der Waals surface area contributed by atoms with E-state index in [1.807, 2.05) is 0 Å². The predicted molar refractivity (Wildman–Crippen MR) is 76.6 cm³/mol. The minimum Gasteiger partial charge on any atom is -0.384 e. The van der Waals surface area contributed by atoms with E-state index in [2.05, 4.69) is 21.2 Å². The monoisotopic (exact) mass is 347 g/mol. The van der Waals surface area contributed by atoms with Gasteiger partial charge >= 0.3 is 6.18 Å². The third-order valence-electron chi connectivity index (χ3n) is 4.73. The van der Waals surface area contributed by atoms with E-state index in [0.717, 1.165) is 12.0 Å². The summed E-state index contributed by atoms with van der Waals surface area (Å²) in [5.41, 5.74) is -0.390. The summed E-state index contributed by atoms with van der Waals surface area (Å²) in [5.74, 6) is 2.07. The zero-order valence-corrected chi connectivity index (χ0v) is 12.6. The van der Waals surface area contributed by atoms with Crippen molar-refractivity contribution >= 4 is 21.6 Å². The van der Waals surface area contributed by atoms with Gasteiger partial charge in [0.1, 0.15) is 0 Å². The lowest BCUT2D eigenvalue weighted by atomic mass is 9.89. The molecule has 1 nitrogen and oxygen atoms in total. The van der Waals surface area contributed by atoms with Crippen LogP contribution in [0, 0.1) is 17.8 Å². The highest BCUT2D eigenvalue weighted by Crippen LogP contribution is 2.48. The van der Waals surface area contributed by atoms with E-state index in [4.69, 9.17) is 0 Å². The summed E-state index contributed by atoms with van der Waals surface area (Å²) in [6.45, 7) is 0.653. The molecule has 5 heteroatoms. The molecule has 2 bridgehead atoms. The summed E-state index contributed by atoms with van der Waals surface area (Å²) >= 11 is 3.24. The highest BCUT2D eigenvalue weighted by atomic mass is 79.9. The smallest absolute Gasteiger partial charge is 0.384 e. The van der Waals surface area contributed by atoms with Gasteiger partial charge in [-0.2, -0.15) is 13.2 Å². The highest BCUT2D eigenvalue weighted by molar-refractivity contribution is 9.10. The van der Waals surface area contributed by atoms with Gasteiger partial charge in [0.2, 0.25) is 0 Å². The first kappa shape index (κ1) is 14.2. The molecule has 0 aliphatic heterocycles. The maximum atomic E-state index is 13.0. The summed E-state index contributed by atoms with van der Waals surface area (Å²) in [6, 6.07) is 4.09. The second-order valence-electron chi connectivity index (χ2n) is 6.00. The average molecular weight is 348 g/mol. The van der Waals surface area contributed by atoms with Crippen LogP contribution in [-0.4, -0.2) is 6.54 Å². The minimum absolute atomic E-state index is 0.189. The lowest BCUT2D eigenvalue weighted by molar-refractivity contribution is -0.137. The molecule has 0 radical (unpaired) electrons. The number of halogens is 4. The van der Waals surface area contributed by atoms with Crippen molar-refractivity contribution in [3.63, 3.8) is 0 Å². The first-order valence-electron chi connectivity index (χ1n) is 7.04. The lowest BCUT2D eigenvalue weighted by Crippen LogP contribution is -2.21. The van der Waals surface area contributed by atoms with Gasteiger partial charge in [-0.25, -0.2) is 0 Å². The van der Waals surface area contributed by atoms with Gasteiger partial charge in [-0.15, -0.1) is 0 Å². The number of nitrogens with one attached hydrogen (secondary N) is 1. The second-order valence-corrected chi connectivity index (χ2v) is 6.92. The van der Waals surface area contributed by atoms with E-state index in [0.29, 0.717) is 22.9 Å². The van der Waals surface area contributed by atoms with E-state index in [1.54, 1.807) is 0 Å². The Balaban J connectivity index is 1.72. The number of anilines is 1. The van der Waals surface area contributed by atoms with Crippen LogP contribution in [0.2, 0.25) is 0 Å². The van der Waals surface area contributed by atoms with Gasteiger partial charge in [0.25, 0.3) is 0 Å². The molecule has 2 aliphatic carbocycles. The maximum absolute atomic E-state index is 13.0. The minimum atomic E-state index is -4.31. The van der Waals surface area contributed by atoms with Gasteiger partial charge in [-0.1, -0.05) is 22.4 Å². The Labute approximate surface area is 125 Å². The summed E-state index contributed by atoms with van der Waals surface area (Å²) < 4.78 is 39.6. The van der Waals surface area contributed by atoms with Crippen molar-refractivity contribution in [2.24, 2.45) is 17.8 Å². The highest BCUT2D eigenvalue weighted by Gasteiger charge is 2.39. The molecule has 2 saturated carbocycles. The topological polar surface area (TPSA) is 12.0 Å². The third kappa shape index (κ3) is 2.83. The number of rotatable bonds is 3. The van der Waals surface area contributed by atoms with Crippen LogP contribution < -0.4 is 5.32 Å². The molecule has 2 fully saturated rings. The fraction of sp³-hybridized carbons (Fsp3) is 0.600. The summed E-state index contributed by atoms with van der Waals surface area (Å²) in [6.07, 6.45) is 0.704. The molecule has 0 saturated heterocycles. The number of fused-ring (bicyclic) bond motifs is 2. The van der Waals surface area contributed by atoms with Crippen molar-refractivity contribution in [2.45, 2.75) is 31.9 Å². The number of alkyl halides is 3. The van der Waals surface area contributed by atoms with Crippen LogP contribution in [0.3, 0.4) is 0 Å². The maximum Gasteiger partial charge on any atom is 0.418 e. The van der Waals surface area contributed by atoms with E-state index in [1.165, 1.54) is 37.8 Å². The van der Waals surface area contributed by atoms with Crippen LogP contribution in [0.25, 0.3) is 0 Å². The van der Waals surface area contributed by atoms with Crippen molar-refractivity contribution in [1.82, 2.24) is 0 Å². The molecule has 110 valence electrons. The fourth-order valence-electron chi connectivity index (χ4n) is 3.78. The number of benzene rings is 1. The zero-order valence-electron chi connectivity index (χ0n) is 11.0. The van der Waals surface area contributed by atoms with Crippen LogP contribution >= 0.6 is 15.9 Å². The van der Waals surface area contributed by atoms with Gasteiger partial charge in [-0.3, -0.25) is 0 Å². The molecule has 20 heavy (non-hydrogen) atoms. The largest absolute Gasteiger partial charge is 0.418 e. The van der Waals surface area contributed by atoms with Crippen molar-refractivity contribution in [3.8, 4) is 0 Å². The second kappa shape index (κ2) is 5.24. The van der Waals surface area contributed by atoms with Crippen LogP contribution in [0.5, 0.6) is 0 Å². The Kier molecular flexibility index (Phi) is 3.73. The van der Waals surface area contributed by atoms with Gasteiger partial charge in [0.15, 0.2) is 0 Å². The van der Waals surface area contributed by atoms with Gasteiger partial charge in [-0.05, 0) is 55.2 Å². The molecule has 3 rings (SSSR count). The lowest BCUT2D eigenvalue weighted by Gasteiger charge is -2.23. The van der Waals surface area contributed by atoms with Crippen molar-refractivity contribution < 1.29 is 13.2 Å². The predicted octanol–water partition coefficient (Wildman–Crippen LogP) is 5.32. The van der Waals surface area contributed by atoms with Gasteiger partial charge in [0.05, 0.1) is 5.56 Å². The van der Waals surface area contributed by atoms with E-state index in [9.17, 15) is 13.2 Å². The van der Waals surface area contributed by atoms with Crippen LogP contribution in [-0.2, 0) is 6.18 Å². The molecule has 0 spiro atoms. The molecule has 3 atom stereocenters. The molecule has 0 aromatic heterocycles. The first-order valence-corrected chi connectivity index (χ1v) is 7.83. The number of hydrogen-bond acceptors (Lipinski definition) is 1. The Bertz CT molecular complexity index is 500. The van der Waals surface area contributed by atoms with Crippen molar-refractivity contribution in [1.29, 1.82) is 0 Å². The summed E-state index contributed by atoms with van der Waals surface area (Å²) in [7, 11) is 0. The normalized spacial score (nSPS) is 28.9. The Morgan fingerprint density at radius 3 is 2.60 bits per heavy atom. The van der Waals surface area contributed by atoms with Crippen LogP contribution in [0.4, 0.5) is 18.9 Å².